The number of nitro groups is 1. The van der Waals surface area contributed by atoms with Crippen molar-refractivity contribution in [2.75, 3.05) is 18.4 Å². The molecular formula is C13H15BrFN3O3. The van der Waals surface area contributed by atoms with E-state index in [1.807, 2.05) is 0 Å². The molecule has 0 bridgehead atoms. The van der Waals surface area contributed by atoms with E-state index in [0.717, 1.165) is 25.0 Å². The molecule has 2 rings (SSSR count). The second kappa shape index (κ2) is 6.38. The zero-order valence-electron chi connectivity index (χ0n) is 11.4. The Bertz CT molecular complexity index is 576. The van der Waals surface area contributed by atoms with Crippen molar-refractivity contribution < 1.29 is 14.1 Å². The van der Waals surface area contributed by atoms with Crippen LogP contribution in [0.3, 0.4) is 0 Å². The highest BCUT2D eigenvalue weighted by molar-refractivity contribution is 9.10. The number of rotatable bonds is 4. The molecule has 1 atom stereocenters. The predicted octanol–water partition coefficient (Wildman–Crippen LogP) is 2.92. The summed E-state index contributed by atoms with van der Waals surface area (Å²) in [5.74, 6) is -0.756. The highest BCUT2D eigenvalue weighted by atomic mass is 79.9. The fourth-order valence-electron chi connectivity index (χ4n) is 2.31. The Hall–Kier alpha value is -1.70. The number of carbonyl (C=O) groups is 1. The summed E-state index contributed by atoms with van der Waals surface area (Å²) in [6.45, 7) is 3.01. The van der Waals surface area contributed by atoms with Crippen LogP contribution < -0.4 is 5.32 Å². The number of nitrogens with zero attached hydrogens (tertiary/aromatic N) is 2. The van der Waals surface area contributed by atoms with Crippen LogP contribution in [0.5, 0.6) is 0 Å². The van der Waals surface area contributed by atoms with Crippen molar-refractivity contribution in [3.05, 3.63) is 32.5 Å². The molecule has 1 N–H and O–H groups in total. The molecule has 1 amide bonds. The SMILES string of the molecule is CC(Nc1cc(F)c(Br)cc1[N+](=O)[O-])C(=O)N1CCCC1. The Labute approximate surface area is 129 Å². The number of likely N-dealkylation sites (tertiary alicyclic amines) is 1. The number of anilines is 1. The molecule has 114 valence electrons. The van der Waals surface area contributed by atoms with Gasteiger partial charge in [-0.25, -0.2) is 4.39 Å². The predicted molar refractivity (Wildman–Crippen MR) is 79.7 cm³/mol. The molecule has 0 saturated carbocycles. The highest BCUT2D eigenvalue weighted by Crippen LogP contribution is 2.31. The van der Waals surface area contributed by atoms with Crippen molar-refractivity contribution in [3.63, 3.8) is 0 Å². The molecule has 0 aliphatic carbocycles. The average molecular weight is 360 g/mol. The van der Waals surface area contributed by atoms with Crippen molar-refractivity contribution in [1.29, 1.82) is 0 Å². The molecule has 21 heavy (non-hydrogen) atoms. The van der Waals surface area contributed by atoms with E-state index >= 15 is 0 Å². The van der Waals surface area contributed by atoms with E-state index in [2.05, 4.69) is 21.2 Å². The van der Waals surface area contributed by atoms with Crippen molar-refractivity contribution >= 4 is 33.2 Å². The fraction of sp³-hybridized carbons (Fsp3) is 0.462. The fourth-order valence-corrected chi connectivity index (χ4v) is 2.64. The van der Waals surface area contributed by atoms with Gasteiger partial charge in [0.15, 0.2) is 0 Å². The lowest BCUT2D eigenvalue weighted by Gasteiger charge is -2.21. The van der Waals surface area contributed by atoms with Crippen LogP contribution in [0.1, 0.15) is 19.8 Å². The molecule has 0 spiro atoms. The number of carbonyl (C=O) groups excluding carboxylic acids is 1. The zero-order chi connectivity index (χ0) is 15.6. The lowest BCUT2D eigenvalue weighted by atomic mass is 10.2. The molecule has 1 aliphatic heterocycles. The summed E-state index contributed by atoms with van der Waals surface area (Å²) in [4.78, 5) is 24.3. The van der Waals surface area contributed by atoms with Gasteiger partial charge in [0, 0.05) is 25.2 Å². The Morgan fingerprint density at radius 3 is 2.67 bits per heavy atom. The Kier molecular flexibility index (Phi) is 4.76. The molecule has 1 aromatic carbocycles. The molecule has 8 heteroatoms. The van der Waals surface area contributed by atoms with Crippen molar-refractivity contribution in [2.45, 2.75) is 25.8 Å². The standard InChI is InChI=1S/C13H15BrFN3O3/c1-8(13(19)17-4-2-3-5-17)16-11-7-10(15)9(14)6-12(11)18(20)21/h6-8,16H,2-5H2,1H3. The Balaban J connectivity index is 2.19. The van der Waals surface area contributed by atoms with Crippen molar-refractivity contribution in [3.8, 4) is 0 Å². The minimum atomic E-state index is -0.651. The van der Waals surface area contributed by atoms with Crippen LogP contribution in [0.4, 0.5) is 15.8 Å². The van der Waals surface area contributed by atoms with Crippen LogP contribution in [0.15, 0.2) is 16.6 Å². The first-order valence-electron chi connectivity index (χ1n) is 6.59. The maximum Gasteiger partial charge on any atom is 0.293 e. The number of nitrogens with one attached hydrogen (secondary N) is 1. The quantitative estimate of drug-likeness (QED) is 0.662. The van der Waals surface area contributed by atoms with Crippen LogP contribution in [0, 0.1) is 15.9 Å². The van der Waals surface area contributed by atoms with Gasteiger partial charge in [0.1, 0.15) is 17.5 Å². The van der Waals surface area contributed by atoms with Gasteiger partial charge >= 0.3 is 0 Å². The van der Waals surface area contributed by atoms with Crippen molar-refractivity contribution in [2.24, 2.45) is 0 Å². The molecule has 6 nitrogen and oxygen atoms in total. The summed E-state index contributed by atoms with van der Waals surface area (Å²) in [7, 11) is 0. The summed E-state index contributed by atoms with van der Waals surface area (Å²) in [5, 5.41) is 13.8. The lowest BCUT2D eigenvalue weighted by molar-refractivity contribution is -0.384. The second-order valence-electron chi connectivity index (χ2n) is 4.94. The van der Waals surface area contributed by atoms with Crippen LogP contribution in [0.2, 0.25) is 0 Å². The third-order valence-corrected chi connectivity index (χ3v) is 4.00. The molecular weight excluding hydrogens is 345 g/mol. The molecule has 1 heterocycles. The van der Waals surface area contributed by atoms with Crippen LogP contribution >= 0.6 is 15.9 Å². The molecule has 0 aromatic heterocycles. The summed E-state index contributed by atoms with van der Waals surface area (Å²) in [5.41, 5.74) is -0.273. The minimum Gasteiger partial charge on any atom is -0.368 e. The van der Waals surface area contributed by atoms with E-state index in [0.29, 0.717) is 13.1 Å². The summed E-state index contributed by atoms with van der Waals surface area (Å²) in [6.07, 6.45) is 1.93. The normalized spacial score (nSPS) is 15.9. The topological polar surface area (TPSA) is 75.5 Å². The average Bonchev–Trinajstić information content (AvgIpc) is 2.95. The summed E-state index contributed by atoms with van der Waals surface area (Å²) < 4.78 is 13.6. The van der Waals surface area contributed by atoms with E-state index in [9.17, 15) is 19.3 Å². The van der Waals surface area contributed by atoms with Gasteiger partial charge in [0.05, 0.1) is 9.40 Å². The van der Waals surface area contributed by atoms with Gasteiger partial charge in [-0.1, -0.05) is 0 Å². The third kappa shape index (κ3) is 3.49. The smallest absolute Gasteiger partial charge is 0.293 e. The number of benzene rings is 1. The molecule has 1 aliphatic rings. The van der Waals surface area contributed by atoms with E-state index in [1.165, 1.54) is 0 Å². The van der Waals surface area contributed by atoms with Gasteiger partial charge in [-0.2, -0.15) is 0 Å². The second-order valence-corrected chi connectivity index (χ2v) is 5.79. The van der Waals surface area contributed by atoms with Gasteiger partial charge < -0.3 is 10.2 Å². The van der Waals surface area contributed by atoms with E-state index in [1.54, 1.807) is 11.8 Å². The van der Waals surface area contributed by atoms with Crippen LogP contribution in [0.25, 0.3) is 0 Å². The highest BCUT2D eigenvalue weighted by Gasteiger charge is 2.26. The van der Waals surface area contributed by atoms with Gasteiger partial charge in [-0.05, 0) is 35.7 Å². The maximum atomic E-state index is 13.6. The first-order valence-corrected chi connectivity index (χ1v) is 7.38. The van der Waals surface area contributed by atoms with Crippen LogP contribution in [-0.4, -0.2) is 34.9 Å². The number of hydrogen-bond acceptors (Lipinski definition) is 4. The minimum absolute atomic E-state index is 0.000692. The van der Waals surface area contributed by atoms with E-state index in [4.69, 9.17) is 0 Å². The number of hydrogen-bond donors (Lipinski definition) is 1. The van der Waals surface area contributed by atoms with Gasteiger partial charge in [0.25, 0.3) is 5.69 Å². The van der Waals surface area contributed by atoms with Gasteiger partial charge in [-0.3, -0.25) is 14.9 Å². The monoisotopic (exact) mass is 359 g/mol. The first kappa shape index (κ1) is 15.7. The molecule has 1 fully saturated rings. The molecule has 0 radical (unpaired) electrons. The Morgan fingerprint density at radius 2 is 2.10 bits per heavy atom. The maximum absolute atomic E-state index is 13.6. The lowest BCUT2D eigenvalue weighted by Crippen LogP contribution is -2.39. The molecule has 1 unspecified atom stereocenters. The van der Waals surface area contributed by atoms with Crippen molar-refractivity contribution in [1.82, 2.24) is 4.90 Å². The van der Waals surface area contributed by atoms with Gasteiger partial charge in [-0.15, -0.1) is 0 Å². The summed E-state index contributed by atoms with van der Waals surface area (Å²) >= 11 is 2.92. The summed E-state index contributed by atoms with van der Waals surface area (Å²) in [6, 6.07) is 1.46. The third-order valence-electron chi connectivity index (χ3n) is 3.40. The largest absolute Gasteiger partial charge is 0.368 e. The zero-order valence-corrected chi connectivity index (χ0v) is 13.0. The molecule has 1 saturated heterocycles. The van der Waals surface area contributed by atoms with E-state index < -0.39 is 16.8 Å². The molecule has 1 aromatic rings. The number of amides is 1. The van der Waals surface area contributed by atoms with Crippen LogP contribution in [-0.2, 0) is 4.79 Å². The number of nitro benzene ring substituents is 1. The first-order chi connectivity index (χ1) is 9.90. The van der Waals surface area contributed by atoms with E-state index in [-0.39, 0.29) is 21.8 Å². The number of halogens is 2. The van der Waals surface area contributed by atoms with Gasteiger partial charge in [0.2, 0.25) is 5.91 Å². The Morgan fingerprint density at radius 1 is 1.48 bits per heavy atom.